The van der Waals surface area contributed by atoms with E-state index in [2.05, 4.69) is 40.4 Å². The van der Waals surface area contributed by atoms with Crippen molar-refractivity contribution in [2.24, 2.45) is 5.73 Å². The van der Waals surface area contributed by atoms with Gasteiger partial charge in [-0.25, -0.2) is 0 Å². The fourth-order valence-corrected chi connectivity index (χ4v) is 0.125. The normalized spacial score (nSPS) is 6.82. The highest BCUT2D eigenvalue weighted by molar-refractivity contribution is 7.80. The average molecular weight is 194 g/mol. The predicted octanol–water partition coefficient (Wildman–Crippen LogP) is -0.840. The standard InChI is InChI=1S/C3H8N2S.C2H6N2S/c1-4-3(6)5-2;1-4-2(3)5/h1-2H3,(H2,4,5,6);1H3,(H3,3,4,5). The van der Waals surface area contributed by atoms with Crippen LogP contribution in [0.25, 0.3) is 0 Å². The van der Waals surface area contributed by atoms with Crippen molar-refractivity contribution < 1.29 is 0 Å². The van der Waals surface area contributed by atoms with E-state index >= 15 is 0 Å². The van der Waals surface area contributed by atoms with E-state index in [1.807, 2.05) is 0 Å². The lowest BCUT2D eigenvalue weighted by molar-refractivity contribution is 1.06. The number of hydrogen-bond donors (Lipinski definition) is 4. The second kappa shape index (κ2) is 9.38. The lowest BCUT2D eigenvalue weighted by Crippen LogP contribution is -2.28. The topological polar surface area (TPSA) is 62.1 Å². The summed E-state index contributed by atoms with van der Waals surface area (Å²) in [6, 6.07) is 0. The summed E-state index contributed by atoms with van der Waals surface area (Å²) in [6.45, 7) is 0. The first-order valence-electron chi connectivity index (χ1n) is 2.95. The predicted molar refractivity (Wildman–Crippen MR) is 56.6 cm³/mol. The van der Waals surface area contributed by atoms with Gasteiger partial charge >= 0.3 is 0 Å². The molecule has 0 amide bonds. The number of thiocarbonyl (C=S) groups is 2. The maximum absolute atomic E-state index is 4.91. The van der Waals surface area contributed by atoms with E-state index in [1.54, 1.807) is 21.1 Å². The highest BCUT2D eigenvalue weighted by atomic mass is 32.1. The summed E-state index contributed by atoms with van der Waals surface area (Å²) in [5.41, 5.74) is 4.91. The summed E-state index contributed by atoms with van der Waals surface area (Å²) < 4.78 is 0. The Labute approximate surface area is 77.9 Å². The third-order valence-electron chi connectivity index (χ3n) is 0.701. The molecule has 11 heavy (non-hydrogen) atoms. The minimum Gasteiger partial charge on any atom is -0.376 e. The van der Waals surface area contributed by atoms with Crippen LogP contribution >= 0.6 is 24.4 Å². The fraction of sp³-hybridized carbons (Fsp3) is 0.600. The Hall–Kier alpha value is -0.620. The Morgan fingerprint density at radius 2 is 1.27 bits per heavy atom. The number of nitrogens with one attached hydrogen (secondary N) is 3. The van der Waals surface area contributed by atoms with Crippen LogP contribution in [0.3, 0.4) is 0 Å². The Morgan fingerprint density at radius 3 is 1.27 bits per heavy atom. The van der Waals surface area contributed by atoms with Gasteiger partial charge in [0.2, 0.25) is 0 Å². The Balaban J connectivity index is 0. The molecule has 0 saturated heterocycles. The molecule has 4 nitrogen and oxygen atoms in total. The average Bonchev–Trinajstić information content (AvgIpc) is 2.04. The first-order valence-corrected chi connectivity index (χ1v) is 3.76. The Bertz CT molecular complexity index is 120. The molecule has 0 aromatic rings. The molecule has 0 aromatic heterocycles. The summed E-state index contributed by atoms with van der Waals surface area (Å²) in [4.78, 5) is 0. The van der Waals surface area contributed by atoms with Gasteiger partial charge in [-0.1, -0.05) is 0 Å². The maximum atomic E-state index is 4.91. The molecule has 0 saturated carbocycles. The molecule has 5 N–H and O–H groups in total. The second-order valence-electron chi connectivity index (χ2n) is 1.44. The van der Waals surface area contributed by atoms with Crippen LogP contribution in [0, 0.1) is 0 Å². The van der Waals surface area contributed by atoms with Crippen LogP contribution in [0.1, 0.15) is 0 Å². The quantitative estimate of drug-likeness (QED) is 0.377. The highest BCUT2D eigenvalue weighted by Crippen LogP contribution is 1.52. The monoisotopic (exact) mass is 194 g/mol. The maximum Gasteiger partial charge on any atom is 0.165 e. The molecule has 66 valence electrons. The van der Waals surface area contributed by atoms with Crippen molar-refractivity contribution in [1.29, 1.82) is 0 Å². The van der Waals surface area contributed by atoms with Crippen LogP contribution in [-0.2, 0) is 0 Å². The number of rotatable bonds is 0. The van der Waals surface area contributed by atoms with Gasteiger partial charge < -0.3 is 21.7 Å². The van der Waals surface area contributed by atoms with Crippen molar-refractivity contribution in [3.05, 3.63) is 0 Å². The smallest absolute Gasteiger partial charge is 0.165 e. The van der Waals surface area contributed by atoms with Crippen LogP contribution < -0.4 is 21.7 Å². The lowest BCUT2D eigenvalue weighted by Gasteiger charge is -1.95. The molecular weight excluding hydrogens is 180 g/mol. The first kappa shape index (κ1) is 13.0. The highest BCUT2D eigenvalue weighted by Gasteiger charge is 1.75. The molecule has 0 radical (unpaired) electrons. The molecular formula is C5H14N4S2. The molecule has 0 fully saturated rings. The summed E-state index contributed by atoms with van der Waals surface area (Å²) in [5.74, 6) is 0. The molecule has 0 rings (SSSR count). The van der Waals surface area contributed by atoms with Gasteiger partial charge in [-0.05, 0) is 24.4 Å². The van der Waals surface area contributed by atoms with Gasteiger partial charge in [0.05, 0.1) is 0 Å². The first-order chi connectivity index (χ1) is 5.08. The van der Waals surface area contributed by atoms with Crippen molar-refractivity contribution in [3.63, 3.8) is 0 Å². The van der Waals surface area contributed by atoms with Gasteiger partial charge in [0, 0.05) is 21.1 Å². The van der Waals surface area contributed by atoms with Crippen molar-refractivity contribution in [2.45, 2.75) is 0 Å². The molecule has 0 bridgehead atoms. The lowest BCUT2D eigenvalue weighted by atomic mass is 11.0. The van der Waals surface area contributed by atoms with Crippen LogP contribution in [0.2, 0.25) is 0 Å². The summed E-state index contributed by atoms with van der Waals surface area (Å²) in [6.07, 6.45) is 0. The molecule has 6 heteroatoms. The second-order valence-corrected chi connectivity index (χ2v) is 2.29. The molecule has 0 aromatic carbocycles. The van der Waals surface area contributed by atoms with E-state index < -0.39 is 0 Å². The van der Waals surface area contributed by atoms with Crippen molar-refractivity contribution in [2.75, 3.05) is 21.1 Å². The van der Waals surface area contributed by atoms with Gasteiger partial charge in [0.1, 0.15) is 0 Å². The van der Waals surface area contributed by atoms with Crippen LogP contribution in [-0.4, -0.2) is 31.4 Å². The molecule has 0 aliphatic heterocycles. The third-order valence-corrected chi connectivity index (χ3v) is 1.31. The van der Waals surface area contributed by atoms with E-state index in [0.717, 1.165) is 0 Å². The van der Waals surface area contributed by atoms with Gasteiger partial charge in [0.25, 0.3) is 0 Å². The van der Waals surface area contributed by atoms with E-state index in [9.17, 15) is 0 Å². The van der Waals surface area contributed by atoms with Gasteiger partial charge in [-0.3, -0.25) is 0 Å². The van der Waals surface area contributed by atoms with E-state index in [0.29, 0.717) is 10.2 Å². The minimum absolute atomic E-state index is 0.338. The van der Waals surface area contributed by atoms with Crippen molar-refractivity contribution in [1.82, 2.24) is 16.0 Å². The van der Waals surface area contributed by atoms with Gasteiger partial charge in [-0.2, -0.15) is 0 Å². The Kier molecular flexibility index (Phi) is 11.1. The third kappa shape index (κ3) is 17.7. The van der Waals surface area contributed by atoms with E-state index in [1.165, 1.54) is 0 Å². The van der Waals surface area contributed by atoms with Crippen molar-refractivity contribution in [3.8, 4) is 0 Å². The van der Waals surface area contributed by atoms with E-state index in [4.69, 9.17) is 5.73 Å². The zero-order valence-corrected chi connectivity index (χ0v) is 8.53. The fourth-order valence-electron chi connectivity index (χ4n) is 0.125. The molecule has 0 aliphatic carbocycles. The molecule has 0 heterocycles. The summed E-state index contributed by atoms with van der Waals surface area (Å²) in [5, 5.41) is 9.02. The van der Waals surface area contributed by atoms with Crippen LogP contribution in [0.4, 0.5) is 0 Å². The van der Waals surface area contributed by atoms with Gasteiger partial charge in [-0.15, -0.1) is 0 Å². The van der Waals surface area contributed by atoms with Crippen LogP contribution in [0.5, 0.6) is 0 Å². The van der Waals surface area contributed by atoms with Crippen LogP contribution in [0.15, 0.2) is 0 Å². The summed E-state index contributed by atoms with van der Waals surface area (Å²) in [7, 11) is 5.24. The zero-order valence-electron chi connectivity index (χ0n) is 6.89. The number of hydrogen-bond acceptors (Lipinski definition) is 2. The van der Waals surface area contributed by atoms with Crippen molar-refractivity contribution >= 4 is 34.7 Å². The molecule has 0 unspecified atom stereocenters. The largest absolute Gasteiger partial charge is 0.376 e. The number of nitrogens with two attached hydrogens (primary N) is 1. The SMILES string of the molecule is CNC(=S)NC.CNC(N)=S. The zero-order chi connectivity index (χ0) is 9.28. The van der Waals surface area contributed by atoms with Gasteiger partial charge in [0.15, 0.2) is 10.2 Å². The molecule has 0 spiro atoms. The molecule has 0 aliphatic rings. The Morgan fingerprint density at radius 1 is 1.00 bits per heavy atom. The summed E-state index contributed by atoms with van der Waals surface area (Å²) >= 11 is 9.00. The molecule has 0 atom stereocenters. The minimum atomic E-state index is 0.338. The van der Waals surface area contributed by atoms with E-state index in [-0.39, 0.29) is 0 Å².